The molecule has 1 aromatic rings. The van der Waals surface area contributed by atoms with Crippen molar-refractivity contribution in [3.8, 4) is 0 Å². The molecule has 5 heteroatoms. The normalized spacial score (nSPS) is 11.1. The number of rotatable bonds is 5. The van der Waals surface area contributed by atoms with Crippen LogP contribution < -0.4 is 0 Å². The van der Waals surface area contributed by atoms with Crippen LogP contribution in [-0.2, 0) is 4.74 Å². The number of allylic oxidation sites excluding steroid dienone is 1. The molecule has 0 amide bonds. The zero-order valence-corrected chi connectivity index (χ0v) is 10.5. The molecular weight excluding hydrogens is 255 g/mol. The van der Waals surface area contributed by atoms with E-state index in [0.717, 1.165) is 0 Å². The zero-order chi connectivity index (χ0) is 11.3. The molecule has 0 radical (unpaired) electrons. The zero-order valence-electron chi connectivity index (χ0n) is 8.13. The van der Waals surface area contributed by atoms with Crippen molar-refractivity contribution in [1.82, 2.24) is 0 Å². The third-order valence-electron chi connectivity index (χ3n) is 1.64. The third kappa shape index (κ3) is 3.95. The van der Waals surface area contributed by atoms with Crippen LogP contribution >= 0.6 is 34.5 Å². The van der Waals surface area contributed by atoms with E-state index in [4.69, 9.17) is 27.9 Å². The first-order valence-electron chi connectivity index (χ1n) is 4.32. The van der Waals surface area contributed by atoms with Crippen molar-refractivity contribution in [3.05, 3.63) is 32.5 Å². The first-order chi connectivity index (χ1) is 7.15. The molecule has 0 aromatic carbocycles. The lowest BCUT2D eigenvalue weighted by Gasteiger charge is -1.99. The number of ketones is 1. The summed E-state index contributed by atoms with van der Waals surface area (Å²) in [6.07, 6.45) is 3.69. The van der Waals surface area contributed by atoms with E-state index in [1.165, 1.54) is 11.3 Å². The van der Waals surface area contributed by atoms with Gasteiger partial charge in [0.15, 0.2) is 5.78 Å². The predicted octanol–water partition coefficient (Wildman–Crippen LogP) is 3.83. The topological polar surface area (TPSA) is 26.3 Å². The Morgan fingerprint density at radius 3 is 2.87 bits per heavy atom. The minimum absolute atomic E-state index is 0.0249. The van der Waals surface area contributed by atoms with E-state index in [1.807, 2.05) is 19.1 Å². The van der Waals surface area contributed by atoms with E-state index >= 15 is 0 Å². The highest BCUT2D eigenvalue weighted by Crippen LogP contribution is 2.31. The van der Waals surface area contributed by atoms with Crippen LogP contribution in [0, 0.1) is 0 Å². The predicted molar refractivity (Wildman–Crippen MR) is 64.3 cm³/mol. The van der Waals surface area contributed by atoms with Crippen LogP contribution in [0.5, 0.6) is 0 Å². The molecule has 0 atom stereocenters. The smallest absolute Gasteiger partial charge is 0.190 e. The van der Waals surface area contributed by atoms with Crippen molar-refractivity contribution < 1.29 is 9.53 Å². The van der Waals surface area contributed by atoms with Gasteiger partial charge in [-0.05, 0) is 13.0 Å². The second-order valence-electron chi connectivity index (χ2n) is 2.75. The second kappa shape index (κ2) is 6.28. The molecule has 82 valence electrons. The Morgan fingerprint density at radius 2 is 2.33 bits per heavy atom. The number of hydrogen-bond acceptors (Lipinski definition) is 3. The summed E-state index contributed by atoms with van der Waals surface area (Å²) in [5.41, 5.74) is 0.437. The highest BCUT2D eigenvalue weighted by molar-refractivity contribution is 7.20. The summed E-state index contributed by atoms with van der Waals surface area (Å²) in [6, 6.07) is 1.57. The number of Topliss-reactive ketones (excluding diaryl/α,β-unsaturated/α-hetero) is 1. The van der Waals surface area contributed by atoms with Gasteiger partial charge in [-0.15, -0.1) is 11.3 Å². The highest BCUT2D eigenvalue weighted by Gasteiger charge is 2.13. The van der Waals surface area contributed by atoms with Gasteiger partial charge in [0.05, 0.1) is 16.5 Å². The van der Waals surface area contributed by atoms with Crippen molar-refractivity contribution in [2.24, 2.45) is 0 Å². The molecule has 0 aliphatic rings. The van der Waals surface area contributed by atoms with Gasteiger partial charge in [-0.1, -0.05) is 35.4 Å². The van der Waals surface area contributed by atoms with E-state index in [2.05, 4.69) is 0 Å². The van der Waals surface area contributed by atoms with Gasteiger partial charge < -0.3 is 4.74 Å². The van der Waals surface area contributed by atoms with Gasteiger partial charge in [-0.25, -0.2) is 0 Å². The maximum atomic E-state index is 11.6. The average molecular weight is 265 g/mol. The first-order valence-corrected chi connectivity index (χ1v) is 5.89. The van der Waals surface area contributed by atoms with E-state index in [1.54, 1.807) is 6.07 Å². The maximum absolute atomic E-state index is 11.6. The largest absolute Gasteiger partial charge is 0.369 e. The summed E-state index contributed by atoms with van der Waals surface area (Å²) in [5, 5.41) is 0. The molecule has 0 saturated heterocycles. The molecule has 0 N–H and O–H groups in total. The lowest BCUT2D eigenvalue weighted by Crippen LogP contribution is -2.08. The Balaban J connectivity index is 2.50. The molecule has 1 heterocycles. The van der Waals surface area contributed by atoms with Crippen molar-refractivity contribution in [1.29, 1.82) is 0 Å². The Hall–Kier alpha value is -0.350. The quantitative estimate of drug-likeness (QED) is 0.459. The second-order valence-corrected chi connectivity index (χ2v) is 5.03. The minimum atomic E-state index is -0.146. The highest BCUT2D eigenvalue weighted by atomic mass is 35.5. The SMILES string of the molecule is CC=CCOCC(=O)c1cc(Cl)sc1Cl. The minimum Gasteiger partial charge on any atom is -0.369 e. The van der Waals surface area contributed by atoms with Crippen LogP contribution in [-0.4, -0.2) is 19.0 Å². The molecule has 15 heavy (non-hydrogen) atoms. The molecule has 0 aliphatic carbocycles. The van der Waals surface area contributed by atoms with Gasteiger partial charge in [-0.3, -0.25) is 4.79 Å². The third-order valence-corrected chi connectivity index (χ3v) is 3.13. The van der Waals surface area contributed by atoms with E-state index in [9.17, 15) is 4.79 Å². The molecule has 1 aromatic heterocycles. The lowest BCUT2D eigenvalue weighted by molar-refractivity contribution is 0.0806. The van der Waals surface area contributed by atoms with Gasteiger partial charge in [0.2, 0.25) is 0 Å². The van der Waals surface area contributed by atoms with Gasteiger partial charge in [0.25, 0.3) is 0 Å². The maximum Gasteiger partial charge on any atom is 0.190 e. The lowest BCUT2D eigenvalue weighted by atomic mass is 10.2. The van der Waals surface area contributed by atoms with E-state index in [0.29, 0.717) is 20.8 Å². The number of ether oxygens (including phenoxy) is 1. The summed E-state index contributed by atoms with van der Waals surface area (Å²) in [6.45, 7) is 2.34. The monoisotopic (exact) mass is 264 g/mol. The fourth-order valence-electron chi connectivity index (χ4n) is 0.924. The molecular formula is C10H10Cl2O2S. The molecule has 0 unspecified atom stereocenters. The Bertz CT molecular complexity index is 371. The van der Waals surface area contributed by atoms with Crippen molar-refractivity contribution in [2.75, 3.05) is 13.2 Å². The number of halogens is 2. The van der Waals surface area contributed by atoms with Crippen molar-refractivity contribution in [2.45, 2.75) is 6.92 Å². The van der Waals surface area contributed by atoms with E-state index in [-0.39, 0.29) is 12.4 Å². The Morgan fingerprint density at radius 1 is 1.60 bits per heavy atom. The fraction of sp³-hybridized carbons (Fsp3) is 0.300. The summed E-state index contributed by atoms with van der Waals surface area (Å²) < 4.78 is 6.05. The van der Waals surface area contributed by atoms with Crippen LogP contribution in [0.3, 0.4) is 0 Å². The van der Waals surface area contributed by atoms with E-state index < -0.39 is 0 Å². The Kier molecular flexibility index (Phi) is 5.32. The van der Waals surface area contributed by atoms with Crippen LogP contribution in [0.1, 0.15) is 17.3 Å². The van der Waals surface area contributed by atoms with Crippen LogP contribution in [0.25, 0.3) is 0 Å². The number of carbonyl (C=O) groups is 1. The molecule has 0 saturated carbocycles. The van der Waals surface area contributed by atoms with Gasteiger partial charge in [0.1, 0.15) is 10.9 Å². The van der Waals surface area contributed by atoms with Gasteiger partial charge in [0, 0.05) is 0 Å². The number of hydrogen-bond donors (Lipinski definition) is 0. The van der Waals surface area contributed by atoms with Gasteiger partial charge >= 0.3 is 0 Å². The summed E-state index contributed by atoms with van der Waals surface area (Å²) in [5.74, 6) is -0.146. The van der Waals surface area contributed by atoms with Crippen LogP contribution in [0.2, 0.25) is 8.67 Å². The molecule has 2 nitrogen and oxygen atoms in total. The molecule has 0 fully saturated rings. The average Bonchev–Trinajstić information content (AvgIpc) is 2.52. The molecule has 1 rings (SSSR count). The number of carbonyl (C=O) groups excluding carboxylic acids is 1. The van der Waals surface area contributed by atoms with Crippen LogP contribution in [0.4, 0.5) is 0 Å². The first kappa shape index (κ1) is 12.7. The fourth-order valence-corrected chi connectivity index (χ4v) is 2.42. The number of thiophene rings is 1. The molecule has 0 aliphatic heterocycles. The van der Waals surface area contributed by atoms with Crippen molar-refractivity contribution >= 4 is 40.3 Å². The molecule has 0 bridgehead atoms. The van der Waals surface area contributed by atoms with Gasteiger partial charge in [-0.2, -0.15) is 0 Å². The summed E-state index contributed by atoms with van der Waals surface area (Å²) >= 11 is 12.7. The molecule has 0 spiro atoms. The standard InChI is InChI=1S/C10H10Cl2O2S/c1-2-3-4-14-6-8(13)7-5-9(11)15-10(7)12/h2-3,5H,4,6H2,1H3. The Labute approximate surface area is 102 Å². The summed E-state index contributed by atoms with van der Waals surface area (Å²) in [4.78, 5) is 11.6. The van der Waals surface area contributed by atoms with Crippen molar-refractivity contribution in [3.63, 3.8) is 0 Å². The summed E-state index contributed by atoms with van der Waals surface area (Å²) in [7, 11) is 0. The van der Waals surface area contributed by atoms with Crippen LogP contribution in [0.15, 0.2) is 18.2 Å².